The van der Waals surface area contributed by atoms with E-state index in [1.807, 2.05) is 0 Å². The molecule has 6 N–H and O–H groups in total. The molecule has 0 aliphatic carbocycles. The van der Waals surface area contributed by atoms with Crippen LogP contribution in [0.25, 0.3) is 0 Å². The van der Waals surface area contributed by atoms with Gasteiger partial charge in [0.25, 0.3) is 5.91 Å². The van der Waals surface area contributed by atoms with Crippen LogP contribution in [-0.2, 0) is 6.18 Å². The van der Waals surface area contributed by atoms with Crippen molar-refractivity contribution in [2.45, 2.75) is 6.18 Å². The molecule has 1 heterocycles. The Morgan fingerprint density at radius 3 is 2.58 bits per heavy atom. The number of pyridine rings is 1. The average molecular weight is 339 g/mol. The molecule has 0 bridgehead atoms. The number of nitrogens with zero attached hydrogens (tertiary/aromatic N) is 1. The van der Waals surface area contributed by atoms with E-state index >= 15 is 0 Å². The average Bonchev–Trinajstić information content (AvgIpc) is 2.52. The number of carbonyl (C=O) groups excluding carboxylic acids is 1. The van der Waals surface area contributed by atoms with Crippen LogP contribution in [0.5, 0.6) is 0 Å². The SMILES string of the molecule is NCCNc1ccc(C(N)=O)c(Nc2cccc(C(F)(F)F)c2)n1. The first-order valence-corrected chi connectivity index (χ1v) is 7.00. The maximum atomic E-state index is 12.8. The second-order valence-corrected chi connectivity index (χ2v) is 4.88. The second-order valence-electron chi connectivity index (χ2n) is 4.88. The minimum Gasteiger partial charge on any atom is -0.369 e. The molecule has 0 radical (unpaired) electrons. The smallest absolute Gasteiger partial charge is 0.369 e. The van der Waals surface area contributed by atoms with E-state index in [0.717, 1.165) is 12.1 Å². The Bertz CT molecular complexity index is 733. The van der Waals surface area contributed by atoms with E-state index in [-0.39, 0.29) is 17.1 Å². The third-order valence-corrected chi connectivity index (χ3v) is 3.06. The van der Waals surface area contributed by atoms with Crippen molar-refractivity contribution in [1.82, 2.24) is 4.98 Å². The molecule has 0 aliphatic heterocycles. The van der Waals surface area contributed by atoms with E-state index in [1.165, 1.54) is 24.3 Å². The van der Waals surface area contributed by atoms with Crippen LogP contribution in [0.15, 0.2) is 36.4 Å². The summed E-state index contributed by atoms with van der Waals surface area (Å²) < 4.78 is 38.3. The second kappa shape index (κ2) is 7.18. The third-order valence-electron chi connectivity index (χ3n) is 3.06. The molecule has 0 saturated carbocycles. The molecule has 9 heteroatoms. The Kier molecular flexibility index (Phi) is 5.24. The molecule has 6 nitrogen and oxygen atoms in total. The van der Waals surface area contributed by atoms with Crippen LogP contribution in [0.3, 0.4) is 0 Å². The number of halogens is 3. The number of carbonyl (C=O) groups is 1. The number of rotatable bonds is 6. The number of alkyl halides is 3. The summed E-state index contributed by atoms with van der Waals surface area (Å²) in [6.07, 6.45) is -4.47. The van der Waals surface area contributed by atoms with Gasteiger partial charge in [-0.2, -0.15) is 13.2 Å². The lowest BCUT2D eigenvalue weighted by atomic mass is 10.2. The summed E-state index contributed by atoms with van der Waals surface area (Å²) in [4.78, 5) is 15.6. The van der Waals surface area contributed by atoms with E-state index in [0.29, 0.717) is 18.9 Å². The summed E-state index contributed by atoms with van der Waals surface area (Å²) in [7, 11) is 0. The van der Waals surface area contributed by atoms with Crippen molar-refractivity contribution in [3.63, 3.8) is 0 Å². The summed E-state index contributed by atoms with van der Waals surface area (Å²) >= 11 is 0. The van der Waals surface area contributed by atoms with E-state index in [1.54, 1.807) is 0 Å². The van der Waals surface area contributed by atoms with Crippen molar-refractivity contribution in [3.8, 4) is 0 Å². The van der Waals surface area contributed by atoms with Gasteiger partial charge < -0.3 is 22.1 Å². The van der Waals surface area contributed by atoms with Crippen LogP contribution >= 0.6 is 0 Å². The van der Waals surface area contributed by atoms with Crippen molar-refractivity contribution < 1.29 is 18.0 Å². The van der Waals surface area contributed by atoms with Crippen LogP contribution < -0.4 is 22.1 Å². The largest absolute Gasteiger partial charge is 0.416 e. The molecule has 1 aromatic carbocycles. The quantitative estimate of drug-likeness (QED) is 0.646. The predicted molar refractivity (Wildman–Crippen MR) is 85.0 cm³/mol. The number of anilines is 3. The van der Waals surface area contributed by atoms with Crippen molar-refractivity contribution in [1.29, 1.82) is 0 Å². The fourth-order valence-electron chi connectivity index (χ4n) is 1.96. The zero-order valence-corrected chi connectivity index (χ0v) is 12.5. The Hall–Kier alpha value is -2.81. The van der Waals surface area contributed by atoms with Crippen LogP contribution in [0, 0.1) is 0 Å². The van der Waals surface area contributed by atoms with E-state index in [4.69, 9.17) is 11.5 Å². The summed E-state index contributed by atoms with van der Waals surface area (Å²) in [6, 6.07) is 7.53. The van der Waals surface area contributed by atoms with E-state index in [9.17, 15) is 18.0 Å². The summed E-state index contributed by atoms with van der Waals surface area (Å²) in [5, 5.41) is 5.61. The highest BCUT2D eigenvalue weighted by Gasteiger charge is 2.30. The van der Waals surface area contributed by atoms with Crippen LogP contribution in [-0.4, -0.2) is 24.0 Å². The van der Waals surface area contributed by atoms with Gasteiger partial charge in [-0.3, -0.25) is 4.79 Å². The van der Waals surface area contributed by atoms with Crippen molar-refractivity contribution in [3.05, 3.63) is 47.5 Å². The molecule has 1 aromatic heterocycles. The number of amides is 1. The molecule has 128 valence electrons. The normalized spacial score (nSPS) is 11.2. The first kappa shape index (κ1) is 17.5. The molecule has 0 aliphatic rings. The standard InChI is InChI=1S/C15H16F3N5O/c16-15(17,18)9-2-1-3-10(8-9)22-14-11(13(20)24)4-5-12(23-14)21-7-6-19/h1-5,8H,6-7,19H2,(H2,20,24)(H2,21,22,23). The van der Waals surface area contributed by atoms with Gasteiger partial charge in [-0.25, -0.2) is 4.98 Å². The molecule has 2 rings (SSSR count). The molecule has 24 heavy (non-hydrogen) atoms. The van der Waals surface area contributed by atoms with Crippen molar-refractivity contribution >= 4 is 23.2 Å². The molecule has 1 amide bonds. The van der Waals surface area contributed by atoms with Gasteiger partial charge in [0.1, 0.15) is 11.6 Å². The van der Waals surface area contributed by atoms with Crippen LogP contribution in [0.1, 0.15) is 15.9 Å². The lowest BCUT2D eigenvalue weighted by Crippen LogP contribution is -2.17. The highest BCUT2D eigenvalue weighted by Crippen LogP contribution is 2.31. The lowest BCUT2D eigenvalue weighted by molar-refractivity contribution is -0.137. The molecular weight excluding hydrogens is 323 g/mol. The topological polar surface area (TPSA) is 106 Å². The van der Waals surface area contributed by atoms with Gasteiger partial charge in [0, 0.05) is 18.8 Å². The number of aromatic nitrogens is 1. The molecule has 0 fully saturated rings. The molecule has 0 spiro atoms. The molecule has 0 atom stereocenters. The lowest BCUT2D eigenvalue weighted by Gasteiger charge is -2.13. The molecule has 0 saturated heterocycles. The van der Waals surface area contributed by atoms with Crippen molar-refractivity contribution in [2.24, 2.45) is 11.5 Å². The monoisotopic (exact) mass is 339 g/mol. The summed E-state index contributed by atoms with van der Waals surface area (Å²) in [6.45, 7) is 0.821. The summed E-state index contributed by atoms with van der Waals surface area (Å²) in [5.41, 5.74) is 10.0. The molecule has 0 unspecified atom stereocenters. The number of hydrogen-bond donors (Lipinski definition) is 4. The Morgan fingerprint density at radius 1 is 1.21 bits per heavy atom. The maximum Gasteiger partial charge on any atom is 0.416 e. The third kappa shape index (κ3) is 4.35. The Morgan fingerprint density at radius 2 is 1.96 bits per heavy atom. The number of hydrogen-bond acceptors (Lipinski definition) is 5. The first-order chi connectivity index (χ1) is 11.3. The highest BCUT2D eigenvalue weighted by atomic mass is 19.4. The van der Waals surface area contributed by atoms with E-state index < -0.39 is 17.6 Å². The van der Waals surface area contributed by atoms with Gasteiger partial charge >= 0.3 is 6.18 Å². The molecular formula is C15H16F3N5O. The Balaban J connectivity index is 2.35. The van der Waals surface area contributed by atoms with Gasteiger partial charge in [-0.05, 0) is 30.3 Å². The number of nitrogens with one attached hydrogen (secondary N) is 2. The number of primary amides is 1. The molecule has 2 aromatic rings. The zero-order valence-electron chi connectivity index (χ0n) is 12.5. The van der Waals surface area contributed by atoms with Gasteiger partial charge in [0.05, 0.1) is 11.1 Å². The minimum absolute atomic E-state index is 0.0591. The van der Waals surface area contributed by atoms with Gasteiger partial charge in [0.2, 0.25) is 0 Å². The maximum absolute atomic E-state index is 12.8. The van der Waals surface area contributed by atoms with Crippen molar-refractivity contribution in [2.75, 3.05) is 23.7 Å². The van der Waals surface area contributed by atoms with Gasteiger partial charge in [-0.1, -0.05) is 6.07 Å². The summed E-state index contributed by atoms with van der Waals surface area (Å²) in [5.74, 6) is -0.272. The fourth-order valence-corrected chi connectivity index (χ4v) is 1.96. The first-order valence-electron chi connectivity index (χ1n) is 7.00. The van der Waals surface area contributed by atoms with Crippen LogP contribution in [0.2, 0.25) is 0 Å². The van der Waals surface area contributed by atoms with Gasteiger partial charge in [0.15, 0.2) is 0 Å². The minimum atomic E-state index is -4.47. The van der Waals surface area contributed by atoms with Crippen LogP contribution in [0.4, 0.5) is 30.5 Å². The predicted octanol–water partition coefficient (Wildman–Crippen LogP) is 2.31. The zero-order chi connectivity index (χ0) is 17.7. The van der Waals surface area contributed by atoms with Gasteiger partial charge in [-0.15, -0.1) is 0 Å². The number of benzene rings is 1. The number of nitrogens with two attached hydrogens (primary N) is 2. The fraction of sp³-hybridized carbons (Fsp3) is 0.200. The Labute approximate surface area is 136 Å². The van der Waals surface area contributed by atoms with E-state index in [2.05, 4.69) is 15.6 Å². The highest BCUT2D eigenvalue weighted by molar-refractivity contribution is 5.98.